The summed E-state index contributed by atoms with van der Waals surface area (Å²) < 4.78 is 5.25. The lowest BCUT2D eigenvalue weighted by Crippen LogP contribution is -1.99. The van der Waals surface area contributed by atoms with E-state index in [1.54, 1.807) is 25.3 Å². The van der Waals surface area contributed by atoms with E-state index in [1.807, 2.05) is 19.1 Å². The second-order valence-electron chi connectivity index (χ2n) is 3.62. The van der Waals surface area contributed by atoms with Crippen molar-refractivity contribution in [3.8, 4) is 5.75 Å². The molecule has 3 heteroatoms. The molecular weight excluding hydrogens is 204 g/mol. The summed E-state index contributed by atoms with van der Waals surface area (Å²) in [7, 11) is 1.58. The number of carboxylic acids is 1. The number of methoxy groups -OCH3 is 1. The van der Waals surface area contributed by atoms with Gasteiger partial charge in [0.05, 0.1) is 12.7 Å². The minimum atomic E-state index is -0.918. The summed E-state index contributed by atoms with van der Waals surface area (Å²) in [5.41, 5.74) is 1.32. The lowest BCUT2D eigenvalue weighted by Gasteiger charge is -2.10. The van der Waals surface area contributed by atoms with Crippen LogP contribution in [0.5, 0.6) is 5.75 Å². The van der Waals surface area contributed by atoms with Gasteiger partial charge in [0.1, 0.15) is 5.75 Å². The first kappa shape index (κ1) is 10.5. The molecule has 0 heterocycles. The average molecular weight is 216 g/mol. The normalized spacial score (nSPS) is 10.4. The van der Waals surface area contributed by atoms with Gasteiger partial charge in [0.15, 0.2) is 0 Å². The number of hydrogen-bond acceptors (Lipinski definition) is 2. The zero-order valence-corrected chi connectivity index (χ0v) is 9.15. The van der Waals surface area contributed by atoms with Crippen LogP contribution in [0.25, 0.3) is 10.8 Å². The molecule has 0 spiro atoms. The highest BCUT2D eigenvalue weighted by Crippen LogP contribution is 2.31. The van der Waals surface area contributed by atoms with Gasteiger partial charge in [0.2, 0.25) is 0 Å². The lowest BCUT2D eigenvalue weighted by molar-refractivity contribution is 0.0699. The molecule has 0 bridgehead atoms. The molecule has 0 radical (unpaired) electrons. The lowest BCUT2D eigenvalue weighted by atomic mass is 10.00. The first-order valence-corrected chi connectivity index (χ1v) is 4.94. The van der Waals surface area contributed by atoms with Crippen molar-refractivity contribution in [3.05, 3.63) is 41.5 Å². The van der Waals surface area contributed by atoms with Crippen molar-refractivity contribution in [2.45, 2.75) is 6.92 Å². The smallest absolute Gasteiger partial charge is 0.336 e. The average Bonchev–Trinajstić information content (AvgIpc) is 2.27. The number of aromatic carboxylic acids is 1. The van der Waals surface area contributed by atoms with Gasteiger partial charge in [-0.25, -0.2) is 4.79 Å². The van der Waals surface area contributed by atoms with Crippen molar-refractivity contribution < 1.29 is 14.6 Å². The summed E-state index contributed by atoms with van der Waals surface area (Å²) in [6.45, 7) is 1.94. The Bertz CT molecular complexity index is 558. The molecule has 2 aromatic carbocycles. The Hall–Kier alpha value is -2.03. The van der Waals surface area contributed by atoms with Gasteiger partial charge >= 0.3 is 5.97 Å². The minimum Gasteiger partial charge on any atom is -0.496 e. The first-order valence-electron chi connectivity index (χ1n) is 4.94. The van der Waals surface area contributed by atoms with E-state index in [0.29, 0.717) is 16.7 Å². The second-order valence-corrected chi connectivity index (χ2v) is 3.62. The minimum absolute atomic E-state index is 0.305. The van der Waals surface area contributed by atoms with Crippen LogP contribution in [0.1, 0.15) is 15.9 Å². The van der Waals surface area contributed by atoms with Crippen LogP contribution in [0.15, 0.2) is 30.3 Å². The predicted molar refractivity (Wildman–Crippen MR) is 62.2 cm³/mol. The van der Waals surface area contributed by atoms with Gasteiger partial charge in [-0.1, -0.05) is 18.2 Å². The standard InChI is InChI=1S/C13H12O3/c1-8-4-3-5-9-10(13(14)15)6-7-11(16-2)12(8)9/h3-7H,1-2H3,(H,14,15). The number of hydrogen-bond donors (Lipinski definition) is 1. The van der Waals surface area contributed by atoms with Gasteiger partial charge in [0.25, 0.3) is 0 Å². The molecule has 0 fully saturated rings. The van der Waals surface area contributed by atoms with Gasteiger partial charge in [0, 0.05) is 10.8 Å². The topological polar surface area (TPSA) is 46.5 Å². The molecule has 3 nitrogen and oxygen atoms in total. The molecule has 0 unspecified atom stereocenters. The molecule has 1 N–H and O–H groups in total. The molecule has 16 heavy (non-hydrogen) atoms. The Balaban J connectivity index is 2.91. The van der Waals surface area contributed by atoms with Gasteiger partial charge in [-0.2, -0.15) is 0 Å². The maximum absolute atomic E-state index is 11.1. The summed E-state index contributed by atoms with van der Waals surface area (Å²) in [4.78, 5) is 11.1. The fourth-order valence-corrected chi connectivity index (χ4v) is 1.91. The molecular formula is C13H12O3. The van der Waals surface area contributed by atoms with Crippen LogP contribution < -0.4 is 4.74 Å². The monoisotopic (exact) mass is 216 g/mol. The quantitative estimate of drug-likeness (QED) is 0.839. The van der Waals surface area contributed by atoms with Gasteiger partial charge < -0.3 is 9.84 Å². The van der Waals surface area contributed by atoms with Crippen molar-refractivity contribution in [1.82, 2.24) is 0 Å². The Kier molecular flexibility index (Phi) is 2.52. The van der Waals surface area contributed by atoms with E-state index in [-0.39, 0.29) is 0 Å². The van der Waals surface area contributed by atoms with Crippen LogP contribution in [-0.2, 0) is 0 Å². The number of carboxylic acid groups (broad SMARTS) is 1. The molecule has 82 valence electrons. The maximum Gasteiger partial charge on any atom is 0.336 e. The third-order valence-electron chi connectivity index (χ3n) is 2.66. The number of benzene rings is 2. The van der Waals surface area contributed by atoms with Crippen LogP contribution in [0.2, 0.25) is 0 Å². The molecule has 0 saturated heterocycles. The molecule has 0 saturated carbocycles. The van der Waals surface area contributed by atoms with Crippen LogP contribution in [0, 0.1) is 6.92 Å². The predicted octanol–water partition coefficient (Wildman–Crippen LogP) is 2.86. The summed E-state index contributed by atoms with van der Waals surface area (Å²) >= 11 is 0. The molecule has 0 amide bonds. The van der Waals surface area contributed by atoms with Crippen molar-refractivity contribution in [2.75, 3.05) is 7.11 Å². The Labute approximate surface area is 93.3 Å². The third kappa shape index (κ3) is 1.50. The Morgan fingerprint density at radius 1 is 1.25 bits per heavy atom. The molecule has 0 aliphatic rings. The van der Waals surface area contributed by atoms with Crippen molar-refractivity contribution >= 4 is 16.7 Å². The van der Waals surface area contributed by atoms with Crippen LogP contribution in [-0.4, -0.2) is 18.2 Å². The maximum atomic E-state index is 11.1. The van der Waals surface area contributed by atoms with E-state index < -0.39 is 5.97 Å². The summed E-state index contributed by atoms with van der Waals surface area (Å²) in [6.07, 6.45) is 0. The van der Waals surface area contributed by atoms with Gasteiger partial charge in [-0.05, 0) is 24.6 Å². The van der Waals surface area contributed by atoms with Gasteiger partial charge in [-0.15, -0.1) is 0 Å². The van der Waals surface area contributed by atoms with Crippen LogP contribution in [0.4, 0.5) is 0 Å². The van der Waals surface area contributed by atoms with E-state index in [2.05, 4.69) is 0 Å². The molecule has 2 rings (SSSR count). The first-order chi connectivity index (χ1) is 7.65. The molecule has 0 atom stereocenters. The molecule has 2 aromatic rings. The Morgan fingerprint density at radius 3 is 2.62 bits per heavy atom. The fourth-order valence-electron chi connectivity index (χ4n) is 1.91. The second kappa shape index (κ2) is 3.85. The highest BCUT2D eigenvalue weighted by atomic mass is 16.5. The van der Waals surface area contributed by atoms with Crippen molar-refractivity contribution in [3.63, 3.8) is 0 Å². The van der Waals surface area contributed by atoms with E-state index in [9.17, 15) is 4.79 Å². The molecule has 0 aromatic heterocycles. The van der Waals surface area contributed by atoms with E-state index in [0.717, 1.165) is 10.9 Å². The third-order valence-corrected chi connectivity index (χ3v) is 2.66. The number of ether oxygens (including phenoxy) is 1. The summed E-state index contributed by atoms with van der Waals surface area (Å²) in [5.74, 6) is -0.212. The SMILES string of the molecule is COc1ccc(C(=O)O)c2cccc(C)c12. The van der Waals surface area contributed by atoms with E-state index in [4.69, 9.17) is 9.84 Å². The number of fused-ring (bicyclic) bond motifs is 1. The zero-order valence-electron chi connectivity index (χ0n) is 9.15. The van der Waals surface area contributed by atoms with E-state index in [1.165, 1.54) is 0 Å². The Morgan fingerprint density at radius 2 is 2.00 bits per heavy atom. The zero-order chi connectivity index (χ0) is 11.7. The highest BCUT2D eigenvalue weighted by Gasteiger charge is 2.12. The summed E-state index contributed by atoms with van der Waals surface area (Å²) in [6, 6.07) is 8.86. The number of rotatable bonds is 2. The fraction of sp³-hybridized carbons (Fsp3) is 0.154. The highest BCUT2D eigenvalue weighted by molar-refractivity contribution is 6.06. The number of aryl methyl sites for hydroxylation is 1. The van der Waals surface area contributed by atoms with Gasteiger partial charge in [-0.3, -0.25) is 0 Å². The number of carbonyl (C=O) groups is 1. The van der Waals surface area contributed by atoms with Crippen molar-refractivity contribution in [1.29, 1.82) is 0 Å². The molecule has 0 aliphatic carbocycles. The van der Waals surface area contributed by atoms with Crippen LogP contribution in [0.3, 0.4) is 0 Å². The van der Waals surface area contributed by atoms with E-state index >= 15 is 0 Å². The molecule has 0 aliphatic heterocycles. The van der Waals surface area contributed by atoms with Crippen molar-refractivity contribution in [2.24, 2.45) is 0 Å². The summed E-state index contributed by atoms with van der Waals surface area (Å²) in [5, 5.41) is 10.7. The largest absolute Gasteiger partial charge is 0.496 e. The van der Waals surface area contributed by atoms with Crippen LogP contribution >= 0.6 is 0 Å².